The molecule has 1 N–H and O–H groups in total. The van der Waals surface area contributed by atoms with Crippen molar-refractivity contribution in [3.63, 3.8) is 0 Å². The van der Waals surface area contributed by atoms with Gasteiger partial charge in [-0.05, 0) is 0 Å². The summed E-state index contributed by atoms with van der Waals surface area (Å²) in [6.07, 6.45) is -4.77. The molecular weight excluding hydrogens is 215 g/mol. The zero-order valence-electron chi connectivity index (χ0n) is 7.92. The topological polar surface area (TPSA) is 63.3 Å². The van der Waals surface area contributed by atoms with Crippen molar-refractivity contribution in [1.29, 1.82) is 0 Å². The molecule has 0 bridgehead atoms. The predicted molar refractivity (Wildman–Crippen MR) is 42.6 cm³/mol. The van der Waals surface area contributed by atoms with E-state index in [9.17, 15) is 18.0 Å². The van der Waals surface area contributed by atoms with Gasteiger partial charge in [0, 0.05) is 5.92 Å². The molecule has 1 aromatic rings. The van der Waals surface area contributed by atoms with E-state index in [0.717, 1.165) is 0 Å². The van der Waals surface area contributed by atoms with Crippen LogP contribution in [0.1, 0.15) is 41.6 Å². The Hall–Kier alpha value is -1.53. The number of halogens is 3. The Morgan fingerprint density at radius 1 is 1.47 bits per heavy atom. The molecule has 4 nitrogen and oxygen atoms in total. The Kier molecular flexibility index (Phi) is 2.74. The summed E-state index contributed by atoms with van der Waals surface area (Å²) in [4.78, 5) is 10.5. The minimum atomic E-state index is -4.77. The van der Waals surface area contributed by atoms with Gasteiger partial charge in [0.25, 0.3) is 0 Å². The van der Waals surface area contributed by atoms with Gasteiger partial charge in [0.1, 0.15) is 5.56 Å². The number of hydrogen-bond donors (Lipinski definition) is 1. The fraction of sp³-hybridized carbons (Fsp3) is 0.500. The molecule has 0 aliphatic carbocycles. The molecule has 0 spiro atoms. The van der Waals surface area contributed by atoms with E-state index in [0.29, 0.717) is 0 Å². The Labute approximate surface area is 82.7 Å². The van der Waals surface area contributed by atoms with E-state index in [1.165, 1.54) is 13.8 Å². The van der Waals surface area contributed by atoms with Crippen LogP contribution in [0.2, 0.25) is 0 Å². The van der Waals surface area contributed by atoms with Crippen molar-refractivity contribution < 1.29 is 27.6 Å². The van der Waals surface area contributed by atoms with E-state index >= 15 is 0 Å². The smallest absolute Gasteiger partial charge is 0.422 e. The Balaban J connectivity index is 3.40. The molecule has 0 saturated carbocycles. The first-order chi connectivity index (χ1) is 6.75. The zero-order valence-corrected chi connectivity index (χ0v) is 7.92. The van der Waals surface area contributed by atoms with Crippen LogP contribution in [-0.4, -0.2) is 16.2 Å². The van der Waals surface area contributed by atoms with Gasteiger partial charge in [0.15, 0.2) is 5.76 Å². The van der Waals surface area contributed by atoms with Crippen LogP contribution in [-0.2, 0) is 6.18 Å². The summed E-state index contributed by atoms with van der Waals surface area (Å²) in [7, 11) is 0. The number of carboxylic acids is 1. The van der Waals surface area contributed by atoms with Crippen LogP contribution in [0.15, 0.2) is 4.52 Å². The quantitative estimate of drug-likeness (QED) is 0.836. The van der Waals surface area contributed by atoms with Gasteiger partial charge in [0.2, 0.25) is 5.69 Å². The molecule has 1 rings (SSSR count). The lowest BCUT2D eigenvalue weighted by Gasteiger charge is -2.07. The molecule has 7 heteroatoms. The third-order valence-electron chi connectivity index (χ3n) is 1.73. The minimum Gasteiger partial charge on any atom is -0.476 e. The van der Waals surface area contributed by atoms with Gasteiger partial charge in [-0.25, -0.2) is 4.79 Å². The maximum absolute atomic E-state index is 12.5. The third-order valence-corrected chi connectivity index (χ3v) is 1.73. The summed E-state index contributed by atoms with van der Waals surface area (Å²) in [6.45, 7) is 2.92. The number of hydrogen-bond acceptors (Lipinski definition) is 3. The van der Waals surface area contributed by atoms with E-state index < -0.39 is 35.1 Å². The average Bonchev–Trinajstić information content (AvgIpc) is 2.45. The van der Waals surface area contributed by atoms with E-state index in [2.05, 4.69) is 9.68 Å². The first kappa shape index (κ1) is 11.5. The van der Waals surface area contributed by atoms with Gasteiger partial charge in [-0.2, -0.15) is 13.2 Å². The molecule has 0 amide bonds. The van der Waals surface area contributed by atoms with Crippen molar-refractivity contribution in [2.24, 2.45) is 0 Å². The Morgan fingerprint density at radius 3 is 2.33 bits per heavy atom. The normalized spacial score (nSPS) is 12.1. The predicted octanol–water partition coefficient (Wildman–Crippen LogP) is 2.52. The molecule has 0 saturated heterocycles. The SMILES string of the molecule is CC(C)c1onc(C(=O)O)c1C(F)(F)F. The minimum absolute atomic E-state index is 0.458. The van der Waals surface area contributed by atoms with Crippen LogP contribution in [0.5, 0.6) is 0 Å². The molecule has 0 fully saturated rings. The van der Waals surface area contributed by atoms with E-state index in [4.69, 9.17) is 5.11 Å². The fourth-order valence-corrected chi connectivity index (χ4v) is 1.12. The molecule has 0 aliphatic rings. The highest BCUT2D eigenvalue weighted by atomic mass is 19.4. The van der Waals surface area contributed by atoms with Gasteiger partial charge in [-0.3, -0.25) is 0 Å². The lowest BCUT2D eigenvalue weighted by atomic mass is 10.0. The summed E-state index contributed by atoms with van der Waals surface area (Å²) in [6, 6.07) is 0. The molecule has 0 unspecified atom stereocenters. The maximum atomic E-state index is 12.5. The second kappa shape index (κ2) is 3.56. The molecular formula is C8H8F3NO3. The molecule has 15 heavy (non-hydrogen) atoms. The van der Waals surface area contributed by atoms with Gasteiger partial charge in [-0.15, -0.1) is 0 Å². The van der Waals surface area contributed by atoms with E-state index in [-0.39, 0.29) is 0 Å². The summed E-state index contributed by atoms with van der Waals surface area (Å²) < 4.78 is 41.9. The summed E-state index contributed by atoms with van der Waals surface area (Å²) >= 11 is 0. The van der Waals surface area contributed by atoms with Gasteiger partial charge >= 0.3 is 12.1 Å². The highest BCUT2D eigenvalue weighted by Gasteiger charge is 2.42. The lowest BCUT2D eigenvalue weighted by Crippen LogP contribution is -2.13. The van der Waals surface area contributed by atoms with Gasteiger partial charge in [0.05, 0.1) is 0 Å². The van der Waals surface area contributed by atoms with Crippen LogP contribution in [0.4, 0.5) is 13.2 Å². The number of alkyl halides is 3. The van der Waals surface area contributed by atoms with Crippen molar-refractivity contribution >= 4 is 5.97 Å². The molecule has 0 aliphatic heterocycles. The second-order valence-corrected chi connectivity index (χ2v) is 3.23. The fourth-order valence-electron chi connectivity index (χ4n) is 1.12. The molecule has 0 radical (unpaired) electrons. The Bertz CT molecular complexity index is 381. The van der Waals surface area contributed by atoms with Crippen molar-refractivity contribution in [3.8, 4) is 0 Å². The highest BCUT2D eigenvalue weighted by molar-refractivity contribution is 5.87. The zero-order chi connectivity index (χ0) is 11.8. The van der Waals surface area contributed by atoms with Crippen molar-refractivity contribution in [3.05, 3.63) is 17.0 Å². The second-order valence-electron chi connectivity index (χ2n) is 3.23. The largest absolute Gasteiger partial charge is 0.476 e. The van der Waals surface area contributed by atoms with Crippen molar-refractivity contribution in [2.45, 2.75) is 25.9 Å². The molecule has 0 atom stereocenters. The molecule has 1 aromatic heterocycles. The van der Waals surface area contributed by atoms with Crippen LogP contribution >= 0.6 is 0 Å². The van der Waals surface area contributed by atoms with Gasteiger partial charge < -0.3 is 9.63 Å². The number of rotatable bonds is 2. The number of aromatic carboxylic acids is 1. The number of nitrogens with zero attached hydrogens (tertiary/aromatic N) is 1. The van der Waals surface area contributed by atoms with Crippen molar-refractivity contribution in [2.75, 3.05) is 0 Å². The first-order valence-corrected chi connectivity index (χ1v) is 4.05. The monoisotopic (exact) mass is 223 g/mol. The average molecular weight is 223 g/mol. The number of carbonyl (C=O) groups is 1. The van der Waals surface area contributed by atoms with Crippen LogP contribution in [0.25, 0.3) is 0 Å². The highest BCUT2D eigenvalue weighted by Crippen LogP contribution is 2.37. The molecule has 84 valence electrons. The summed E-state index contributed by atoms with van der Waals surface area (Å²) in [5.74, 6) is -2.79. The van der Waals surface area contributed by atoms with Crippen molar-refractivity contribution in [1.82, 2.24) is 5.16 Å². The summed E-state index contributed by atoms with van der Waals surface area (Å²) in [5, 5.41) is 11.4. The van der Waals surface area contributed by atoms with Gasteiger partial charge in [-0.1, -0.05) is 19.0 Å². The van der Waals surface area contributed by atoms with Crippen LogP contribution in [0.3, 0.4) is 0 Å². The van der Waals surface area contributed by atoms with E-state index in [1.807, 2.05) is 0 Å². The third kappa shape index (κ3) is 2.11. The summed E-state index contributed by atoms with van der Waals surface area (Å²) in [5.41, 5.74) is -2.39. The lowest BCUT2D eigenvalue weighted by molar-refractivity contribution is -0.139. The van der Waals surface area contributed by atoms with E-state index in [1.54, 1.807) is 0 Å². The van der Waals surface area contributed by atoms with Crippen LogP contribution in [0, 0.1) is 0 Å². The molecule has 0 aromatic carbocycles. The maximum Gasteiger partial charge on any atom is 0.422 e. The standard InChI is InChI=1S/C8H8F3NO3/c1-3(2)6-4(8(9,10)11)5(7(13)14)12-15-6/h3H,1-2H3,(H,13,14). The first-order valence-electron chi connectivity index (χ1n) is 4.05. The Morgan fingerprint density at radius 2 is 2.00 bits per heavy atom. The number of carboxylic acid groups (broad SMARTS) is 1. The van der Waals surface area contributed by atoms with Crippen LogP contribution < -0.4 is 0 Å². The number of aromatic nitrogens is 1. The molecule has 1 heterocycles.